The molecule has 120 valence electrons. The van der Waals surface area contributed by atoms with Crippen molar-refractivity contribution < 1.29 is 9.59 Å². The minimum absolute atomic E-state index is 0.00516. The van der Waals surface area contributed by atoms with E-state index in [4.69, 9.17) is 0 Å². The second kappa shape index (κ2) is 6.92. The monoisotopic (exact) mass is 303 g/mol. The summed E-state index contributed by atoms with van der Waals surface area (Å²) in [7, 11) is 0. The summed E-state index contributed by atoms with van der Waals surface area (Å²) in [5.41, 5.74) is 2.17. The van der Waals surface area contributed by atoms with Crippen LogP contribution in [0.15, 0.2) is 18.2 Å². The predicted molar refractivity (Wildman–Crippen MR) is 87.9 cm³/mol. The minimum atomic E-state index is -0.111. The average Bonchev–Trinajstić information content (AvgIpc) is 2.37. The summed E-state index contributed by atoms with van der Waals surface area (Å²) in [4.78, 5) is 24.4. The summed E-state index contributed by atoms with van der Waals surface area (Å²) in [5.74, 6) is 0.259. The topological polar surface area (TPSA) is 70.2 Å². The molecule has 1 aromatic rings. The van der Waals surface area contributed by atoms with Crippen LogP contribution in [0.2, 0.25) is 0 Å². The molecule has 0 aromatic heterocycles. The van der Waals surface area contributed by atoms with E-state index >= 15 is 0 Å². The average molecular weight is 303 g/mol. The first-order valence-corrected chi connectivity index (χ1v) is 7.81. The van der Waals surface area contributed by atoms with E-state index in [-0.39, 0.29) is 23.8 Å². The van der Waals surface area contributed by atoms with Gasteiger partial charge in [0.25, 0.3) is 5.91 Å². The van der Waals surface area contributed by atoms with Gasteiger partial charge in [0.15, 0.2) is 0 Å². The number of amides is 2. The Hall–Kier alpha value is -1.88. The van der Waals surface area contributed by atoms with Crippen LogP contribution in [0.3, 0.4) is 0 Å². The van der Waals surface area contributed by atoms with Gasteiger partial charge < -0.3 is 16.0 Å². The number of nitrogens with one attached hydrogen (secondary N) is 3. The van der Waals surface area contributed by atoms with Crippen LogP contribution >= 0.6 is 0 Å². The smallest absolute Gasteiger partial charge is 0.251 e. The highest BCUT2D eigenvalue weighted by atomic mass is 16.2. The lowest BCUT2D eigenvalue weighted by Crippen LogP contribution is -2.48. The Bertz CT molecular complexity index is 565. The third-order valence-corrected chi connectivity index (χ3v) is 4.10. The fourth-order valence-electron chi connectivity index (χ4n) is 2.42. The number of carbonyl (C=O) groups excluding carboxylic acids is 2. The molecule has 3 N–H and O–H groups in total. The van der Waals surface area contributed by atoms with Crippen LogP contribution in [0.25, 0.3) is 0 Å². The molecule has 0 radical (unpaired) electrons. The predicted octanol–water partition coefficient (Wildman–Crippen LogP) is 1.93. The molecule has 0 aliphatic carbocycles. The van der Waals surface area contributed by atoms with Crippen molar-refractivity contribution in [2.75, 3.05) is 18.4 Å². The maximum atomic E-state index is 12.3. The fraction of sp³-hybridized carbons (Fsp3) is 0.529. The zero-order valence-corrected chi connectivity index (χ0v) is 13.7. The molecule has 1 aliphatic heterocycles. The molecular formula is C17H25N3O2. The molecule has 1 aromatic carbocycles. The lowest BCUT2D eigenvalue weighted by atomic mass is 9.88. The normalized spacial score (nSPS) is 16.0. The summed E-state index contributed by atoms with van der Waals surface area (Å²) in [6.45, 7) is 9.47. The van der Waals surface area contributed by atoms with Crippen molar-refractivity contribution in [2.45, 2.75) is 33.7 Å². The van der Waals surface area contributed by atoms with Crippen LogP contribution in [0.5, 0.6) is 0 Å². The highest BCUT2D eigenvalue weighted by Gasteiger charge is 2.28. The number of rotatable bonds is 5. The third kappa shape index (κ3) is 3.85. The summed E-state index contributed by atoms with van der Waals surface area (Å²) < 4.78 is 0. The molecule has 1 saturated heterocycles. The maximum absolute atomic E-state index is 12.3. The largest absolute Gasteiger partial charge is 0.350 e. The number of benzene rings is 1. The van der Waals surface area contributed by atoms with E-state index in [9.17, 15) is 9.59 Å². The van der Waals surface area contributed by atoms with Gasteiger partial charge in [-0.3, -0.25) is 9.59 Å². The van der Waals surface area contributed by atoms with Crippen molar-refractivity contribution in [1.29, 1.82) is 0 Å². The van der Waals surface area contributed by atoms with Crippen molar-refractivity contribution >= 4 is 17.5 Å². The van der Waals surface area contributed by atoms with Gasteiger partial charge in [-0.05, 0) is 57.5 Å². The van der Waals surface area contributed by atoms with E-state index in [2.05, 4.69) is 16.0 Å². The van der Waals surface area contributed by atoms with E-state index in [1.807, 2.05) is 39.8 Å². The number of hydrogen-bond acceptors (Lipinski definition) is 3. The molecule has 5 heteroatoms. The van der Waals surface area contributed by atoms with Crippen LogP contribution < -0.4 is 16.0 Å². The molecule has 1 atom stereocenters. The van der Waals surface area contributed by atoms with Gasteiger partial charge in [-0.1, -0.05) is 13.0 Å². The van der Waals surface area contributed by atoms with Crippen LogP contribution in [0.4, 0.5) is 5.69 Å². The van der Waals surface area contributed by atoms with Crippen LogP contribution in [0.1, 0.15) is 36.7 Å². The first-order valence-electron chi connectivity index (χ1n) is 7.81. The summed E-state index contributed by atoms with van der Waals surface area (Å²) >= 11 is 0. The Kier molecular flexibility index (Phi) is 5.19. The molecule has 22 heavy (non-hydrogen) atoms. The zero-order chi connectivity index (χ0) is 16.3. The van der Waals surface area contributed by atoms with Gasteiger partial charge in [0.1, 0.15) is 0 Å². The number of anilines is 1. The van der Waals surface area contributed by atoms with E-state index in [1.165, 1.54) is 0 Å². The molecule has 1 aliphatic rings. The van der Waals surface area contributed by atoms with E-state index in [1.54, 1.807) is 6.07 Å². The second-order valence-corrected chi connectivity index (χ2v) is 6.35. The highest BCUT2D eigenvalue weighted by molar-refractivity contribution is 5.98. The Balaban J connectivity index is 2.08. The Labute approximate surface area is 131 Å². The van der Waals surface area contributed by atoms with Gasteiger partial charge in [-0.25, -0.2) is 0 Å². The Morgan fingerprint density at radius 2 is 1.91 bits per heavy atom. The molecule has 1 fully saturated rings. The van der Waals surface area contributed by atoms with Crippen molar-refractivity contribution in [3.05, 3.63) is 29.3 Å². The van der Waals surface area contributed by atoms with Crippen molar-refractivity contribution in [2.24, 2.45) is 11.8 Å². The minimum Gasteiger partial charge on any atom is -0.350 e. The molecule has 2 rings (SSSR count). The van der Waals surface area contributed by atoms with Gasteiger partial charge in [-0.2, -0.15) is 0 Å². The molecule has 0 bridgehead atoms. The fourth-order valence-corrected chi connectivity index (χ4v) is 2.42. The molecule has 1 unspecified atom stereocenters. The highest BCUT2D eigenvalue weighted by Crippen LogP contribution is 2.20. The van der Waals surface area contributed by atoms with Crippen molar-refractivity contribution in [1.82, 2.24) is 10.6 Å². The van der Waals surface area contributed by atoms with Crippen LogP contribution in [0, 0.1) is 18.8 Å². The number of aryl methyl sites for hydroxylation is 1. The standard InChI is InChI=1S/C17H25N3O2/c1-10(2)19-17(22)15-7-14(6-5-11(15)3)20-16(21)12(4)13-8-18-9-13/h5-7,10,12-13,18H,8-9H2,1-4H3,(H,19,22)(H,20,21). The number of hydrogen-bond donors (Lipinski definition) is 3. The second-order valence-electron chi connectivity index (χ2n) is 6.35. The molecule has 2 amide bonds. The third-order valence-electron chi connectivity index (χ3n) is 4.10. The number of carbonyl (C=O) groups is 2. The molecule has 0 spiro atoms. The van der Waals surface area contributed by atoms with Crippen LogP contribution in [-0.4, -0.2) is 30.9 Å². The van der Waals surface area contributed by atoms with E-state index < -0.39 is 0 Å². The maximum Gasteiger partial charge on any atom is 0.251 e. The Morgan fingerprint density at radius 3 is 2.45 bits per heavy atom. The van der Waals surface area contributed by atoms with Gasteiger partial charge in [0.05, 0.1) is 0 Å². The first kappa shape index (κ1) is 16.5. The zero-order valence-electron chi connectivity index (χ0n) is 13.7. The quantitative estimate of drug-likeness (QED) is 0.778. The molecule has 0 saturated carbocycles. The SMILES string of the molecule is Cc1ccc(NC(=O)C(C)C2CNC2)cc1C(=O)NC(C)C. The lowest BCUT2D eigenvalue weighted by molar-refractivity contribution is -0.121. The summed E-state index contributed by atoms with van der Waals surface area (Å²) in [6.07, 6.45) is 0. The molecular weight excluding hydrogens is 278 g/mol. The van der Waals surface area contributed by atoms with Gasteiger partial charge >= 0.3 is 0 Å². The van der Waals surface area contributed by atoms with Crippen molar-refractivity contribution in [3.8, 4) is 0 Å². The van der Waals surface area contributed by atoms with Crippen LogP contribution in [-0.2, 0) is 4.79 Å². The lowest BCUT2D eigenvalue weighted by Gasteiger charge is -2.31. The van der Waals surface area contributed by atoms with E-state index in [0.717, 1.165) is 18.7 Å². The first-order chi connectivity index (χ1) is 10.4. The summed E-state index contributed by atoms with van der Waals surface area (Å²) in [5, 5.41) is 8.98. The van der Waals surface area contributed by atoms with Gasteiger partial charge in [0, 0.05) is 23.2 Å². The Morgan fingerprint density at radius 1 is 1.23 bits per heavy atom. The summed E-state index contributed by atoms with van der Waals surface area (Å²) in [6, 6.07) is 5.53. The van der Waals surface area contributed by atoms with Gasteiger partial charge in [0.2, 0.25) is 5.91 Å². The molecule has 5 nitrogen and oxygen atoms in total. The van der Waals surface area contributed by atoms with Crippen molar-refractivity contribution in [3.63, 3.8) is 0 Å². The molecule has 1 heterocycles. The van der Waals surface area contributed by atoms with Gasteiger partial charge in [-0.15, -0.1) is 0 Å². The van der Waals surface area contributed by atoms with E-state index in [0.29, 0.717) is 17.2 Å².